The van der Waals surface area contributed by atoms with Gasteiger partial charge in [-0.1, -0.05) is 35.6 Å². The van der Waals surface area contributed by atoms with Gasteiger partial charge in [-0.05, 0) is 50.1 Å². The molecule has 0 spiro atoms. The maximum Gasteiger partial charge on any atom is 0.305 e. The number of H-pyrrole nitrogens is 1. The molecule has 174 valence electrons. The van der Waals surface area contributed by atoms with E-state index in [2.05, 4.69) is 10.3 Å². The van der Waals surface area contributed by atoms with E-state index in [0.717, 1.165) is 16.8 Å². The van der Waals surface area contributed by atoms with E-state index in [9.17, 15) is 18.0 Å². The number of carbonyl (C=O) groups is 1. The molecule has 0 aliphatic carbocycles. The Hall–Kier alpha value is -2.95. The minimum atomic E-state index is -3.77. The van der Waals surface area contributed by atoms with Crippen molar-refractivity contribution in [2.75, 3.05) is 31.5 Å². The number of para-hydroxylation sites is 1. The first-order valence-corrected chi connectivity index (χ1v) is 12.9. The van der Waals surface area contributed by atoms with E-state index in [0.29, 0.717) is 28.3 Å². The van der Waals surface area contributed by atoms with E-state index in [4.69, 9.17) is 0 Å². The van der Waals surface area contributed by atoms with Crippen LogP contribution in [0.3, 0.4) is 0 Å². The molecule has 0 saturated carbocycles. The minimum Gasteiger partial charge on any atom is -0.355 e. The Morgan fingerprint density at radius 1 is 0.970 bits per heavy atom. The smallest absolute Gasteiger partial charge is 0.305 e. The van der Waals surface area contributed by atoms with Gasteiger partial charge in [-0.15, -0.1) is 0 Å². The molecule has 1 aliphatic rings. The van der Waals surface area contributed by atoms with Gasteiger partial charge in [0, 0.05) is 37.6 Å². The van der Waals surface area contributed by atoms with E-state index in [1.54, 1.807) is 17.9 Å². The van der Waals surface area contributed by atoms with Gasteiger partial charge in [-0.3, -0.25) is 9.59 Å². The van der Waals surface area contributed by atoms with E-state index < -0.39 is 14.9 Å². The van der Waals surface area contributed by atoms with Gasteiger partial charge in [0.1, 0.15) is 0 Å². The molecule has 1 aromatic heterocycles. The zero-order valence-electron chi connectivity index (χ0n) is 18.7. The van der Waals surface area contributed by atoms with Crippen LogP contribution in [0.4, 0.5) is 11.4 Å². The number of carbonyl (C=O) groups excluding carboxylic acids is 1. The number of hydrogen-bond donors (Lipinski definition) is 2. The molecule has 1 fully saturated rings. The quantitative estimate of drug-likeness (QED) is 0.576. The number of sulfonamides is 1. The summed E-state index contributed by atoms with van der Waals surface area (Å²) in [6.45, 7) is 6.54. The average Bonchev–Trinajstić information content (AvgIpc) is 3.15. The molecule has 1 aliphatic heterocycles. The second-order valence-electron chi connectivity index (χ2n) is 8.04. The van der Waals surface area contributed by atoms with E-state index in [-0.39, 0.29) is 36.3 Å². The van der Waals surface area contributed by atoms with Crippen LogP contribution in [0.2, 0.25) is 0 Å². The second-order valence-corrected chi connectivity index (χ2v) is 11.2. The number of aromatic nitrogens is 1. The van der Waals surface area contributed by atoms with Crippen LogP contribution in [0.15, 0.2) is 51.5 Å². The molecule has 3 aromatic rings. The van der Waals surface area contributed by atoms with Crippen LogP contribution in [0.1, 0.15) is 27.2 Å². The Labute approximate surface area is 196 Å². The van der Waals surface area contributed by atoms with Crippen molar-refractivity contribution in [3.63, 3.8) is 0 Å². The van der Waals surface area contributed by atoms with Gasteiger partial charge >= 0.3 is 4.87 Å². The fourth-order valence-electron chi connectivity index (χ4n) is 3.87. The first kappa shape index (κ1) is 23.2. The van der Waals surface area contributed by atoms with Crippen molar-refractivity contribution in [1.29, 1.82) is 0 Å². The van der Waals surface area contributed by atoms with Crippen LogP contribution >= 0.6 is 11.3 Å². The highest BCUT2D eigenvalue weighted by molar-refractivity contribution is 7.91. The van der Waals surface area contributed by atoms with Gasteiger partial charge in [0.15, 0.2) is 4.21 Å². The summed E-state index contributed by atoms with van der Waals surface area (Å²) in [5.74, 6) is -0.150. The van der Waals surface area contributed by atoms with Gasteiger partial charge < -0.3 is 15.2 Å². The van der Waals surface area contributed by atoms with Crippen LogP contribution in [0, 0.1) is 20.8 Å². The third-order valence-corrected chi connectivity index (χ3v) is 9.39. The van der Waals surface area contributed by atoms with Crippen molar-refractivity contribution in [2.45, 2.75) is 25.0 Å². The van der Waals surface area contributed by atoms with Crippen LogP contribution in [0.25, 0.3) is 0 Å². The molecule has 0 bridgehead atoms. The molecule has 0 unspecified atom stereocenters. The second kappa shape index (κ2) is 9.12. The molecule has 0 atom stereocenters. The number of piperazine rings is 1. The maximum absolute atomic E-state index is 13.3. The summed E-state index contributed by atoms with van der Waals surface area (Å²) in [6, 6.07) is 13.3. The van der Waals surface area contributed by atoms with Crippen LogP contribution in [-0.2, 0) is 10.0 Å². The number of nitrogens with one attached hydrogen (secondary N) is 2. The number of rotatable bonds is 5. The highest BCUT2D eigenvalue weighted by atomic mass is 32.2. The molecule has 1 amide bonds. The van der Waals surface area contributed by atoms with Crippen molar-refractivity contribution in [1.82, 2.24) is 14.2 Å². The van der Waals surface area contributed by atoms with Crippen LogP contribution in [-0.4, -0.2) is 54.7 Å². The standard InChI is InChI=1S/C23H26N4O4S2/c1-15-7-6-10-19(16(15)2)25-20-9-5-4-8-18(20)21(28)26-11-13-27(14-12-26)33(30,31)22-17(3)24-23(29)32-22/h4-10,25H,11-14H2,1-3H3,(H,24,29). The van der Waals surface area contributed by atoms with Crippen molar-refractivity contribution < 1.29 is 13.2 Å². The Morgan fingerprint density at radius 2 is 1.64 bits per heavy atom. The molecule has 10 heteroatoms. The number of anilines is 2. The van der Waals surface area contributed by atoms with Crippen molar-refractivity contribution in [3.05, 3.63) is 74.5 Å². The highest BCUT2D eigenvalue weighted by Crippen LogP contribution is 2.27. The largest absolute Gasteiger partial charge is 0.355 e. The first-order chi connectivity index (χ1) is 15.7. The Morgan fingerprint density at radius 3 is 2.30 bits per heavy atom. The lowest BCUT2D eigenvalue weighted by atomic mass is 10.1. The van der Waals surface area contributed by atoms with Crippen molar-refractivity contribution in [2.24, 2.45) is 0 Å². The zero-order chi connectivity index (χ0) is 23.8. The number of amides is 1. The summed E-state index contributed by atoms with van der Waals surface area (Å²) in [5, 5.41) is 3.38. The molecule has 1 saturated heterocycles. The number of hydrogen-bond acceptors (Lipinski definition) is 6. The summed E-state index contributed by atoms with van der Waals surface area (Å²) in [4.78, 5) is 28.7. The third kappa shape index (κ3) is 4.59. The van der Waals surface area contributed by atoms with E-state index >= 15 is 0 Å². The van der Waals surface area contributed by atoms with E-state index in [1.807, 2.05) is 50.2 Å². The van der Waals surface area contributed by atoms with Gasteiger partial charge in [0.05, 0.1) is 11.3 Å². The lowest BCUT2D eigenvalue weighted by Gasteiger charge is -2.34. The lowest BCUT2D eigenvalue weighted by Crippen LogP contribution is -2.50. The predicted molar refractivity (Wildman–Crippen MR) is 130 cm³/mol. The number of benzene rings is 2. The van der Waals surface area contributed by atoms with Crippen molar-refractivity contribution >= 4 is 38.6 Å². The zero-order valence-corrected chi connectivity index (χ0v) is 20.3. The van der Waals surface area contributed by atoms with Gasteiger partial charge in [0.25, 0.3) is 15.9 Å². The summed E-state index contributed by atoms with van der Waals surface area (Å²) < 4.78 is 27.3. The van der Waals surface area contributed by atoms with Crippen LogP contribution < -0.4 is 10.2 Å². The normalized spacial score (nSPS) is 14.9. The number of aromatic amines is 1. The summed E-state index contributed by atoms with van der Waals surface area (Å²) >= 11 is 0.694. The molecule has 2 N–H and O–H groups in total. The lowest BCUT2D eigenvalue weighted by molar-refractivity contribution is 0.0699. The van der Waals surface area contributed by atoms with Gasteiger partial charge in [-0.2, -0.15) is 4.31 Å². The first-order valence-electron chi connectivity index (χ1n) is 10.6. The van der Waals surface area contributed by atoms with Gasteiger partial charge in [0.2, 0.25) is 0 Å². The predicted octanol–water partition coefficient (Wildman–Crippen LogP) is 3.25. The molecular formula is C23H26N4O4S2. The molecule has 2 heterocycles. The Bertz CT molecular complexity index is 1350. The summed E-state index contributed by atoms with van der Waals surface area (Å²) in [5.41, 5.74) is 4.79. The fourth-order valence-corrected chi connectivity index (χ4v) is 6.72. The Kier molecular flexibility index (Phi) is 6.42. The maximum atomic E-state index is 13.3. The summed E-state index contributed by atoms with van der Waals surface area (Å²) in [7, 11) is -3.77. The number of aryl methyl sites for hydroxylation is 2. The van der Waals surface area contributed by atoms with Crippen molar-refractivity contribution in [3.8, 4) is 0 Å². The molecule has 0 radical (unpaired) electrons. The number of nitrogens with zero attached hydrogens (tertiary/aromatic N) is 2. The molecule has 4 rings (SSSR count). The topological polar surface area (TPSA) is 103 Å². The highest BCUT2D eigenvalue weighted by Gasteiger charge is 2.33. The SMILES string of the molecule is Cc1cccc(Nc2ccccc2C(=O)N2CCN(S(=O)(=O)c3sc(=O)[nH]c3C)CC2)c1C. The summed E-state index contributed by atoms with van der Waals surface area (Å²) in [6.07, 6.45) is 0. The average molecular weight is 487 g/mol. The molecular weight excluding hydrogens is 460 g/mol. The van der Waals surface area contributed by atoms with Gasteiger partial charge in [-0.25, -0.2) is 8.42 Å². The van der Waals surface area contributed by atoms with E-state index in [1.165, 1.54) is 4.31 Å². The third-order valence-electron chi connectivity index (χ3n) is 5.91. The Balaban J connectivity index is 1.50. The minimum absolute atomic E-state index is 0.0374. The molecule has 33 heavy (non-hydrogen) atoms. The van der Waals surface area contributed by atoms with Crippen LogP contribution in [0.5, 0.6) is 0 Å². The monoisotopic (exact) mass is 486 g/mol. The number of thiazole rings is 1. The fraction of sp³-hybridized carbons (Fsp3) is 0.304. The molecule has 8 nitrogen and oxygen atoms in total. The molecule has 2 aromatic carbocycles.